The first-order valence-electron chi connectivity index (χ1n) is 6.00. The molecule has 0 fully saturated rings. The lowest BCUT2D eigenvalue weighted by Crippen LogP contribution is -2.26. The number of amides is 1. The molecule has 0 aliphatic carbocycles. The largest absolute Gasteiger partial charge is 0.409 e. The summed E-state index contributed by atoms with van der Waals surface area (Å²) < 4.78 is 0. The number of pyridine rings is 1. The maximum atomic E-state index is 12.4. The molecular weight excluding hydrogens is 292 g/mol. The van der Waals surface area contributed by atoms with Gasteiger partial charge in [-0.25, -0.2) is 0 Å². The van der Waals surface area contributed by atoms with Gasteiger partial charge in [-0.15, -0.1) is 0 Å². The van der Waals surface area contributed by atoms with Gasteiger partial charge in [0.05, 0.1) is 10.6 Å². The molecule has 0 saturated heterocycles. The van der Waals surface area contributed by atoms with Crippen molar-refractivity contribution in [3.8, 4) is 0 Å². The summed E-state index contributed by atoms with van der Waals surface area (Å²) in [7, 11) is 1.64. The Hall–Kier alpha value is -2.60. The molecule has 3 N–H and O–H groups in total. The van der Waals surface area contributed by atoms with Gasteiger partial charge in [-0.2, -0.15) is 0 Å². The van der Waals surface area contributed by atoms with Crippen molar-refractivity contribution < 1.29 is 10.0 Å². The third-order valence-corrected chi connectivity index (χ3v) is 3.27. The van der Waals surface area contributed by atoms with Crippen LogP contribution in [0.3, 0.4) is 0 Å². The fourth-order valence-corrected chi connectivity index (χ4v) is 1.96. The maximum Gasteiger partial charge on any atom is 0.259 e. The second-order valence-electron chi connectivity index (χ2n) is 4.25. The number of carbonyl (C=O) groups excluding carboxylic acids is 1. The van der Waals surface area contributed by atoms with Crippen LogP contribution in [0, 0.1) is 0 Å². The Morgan fingerprint density at radius 2 is 2.00 bits per heavy atom. The Bertz CT molecular complexity index is 686. The van der Waals surface area contributed by atoms with Gasteiger partial charge >= 0.3 is 0 Å². The Kier molecular flexibility index (Phi) is 4.39. The summed E-state index contributed by atoms with van der Waals surface area (Å²) in [6, 6.07) is 8.26. The summed E-state index contributed by atoms with van der Waals surface area (Å²) in [5.41, 5.74) is 7.07. The zero-order valence-corrected chi connectivity index (χ0v) is 11.9. The number of anilines is 1. The molecule has 6 nitrogen and oxygen atoms in total. The van der Waals surface area contributed by atoms with Crippen LogP contribution in [-0.2, 0) is 0 Å². The standard InChI is InChI=1S/C14H13ClN4O2/c1-19(14(20)11-6-7-17-8-12(11)15)10-4-2-9(3-5-10)13(16)18-21/h2-8,21H,1H3,(H2,16,18). The maximum absolute atomic E-state index is 12.4. The summed E-state index contributed by atoms with van der Waals surface area (Å²) in [4.78, 5) is 17.7. The first kappa shape index (κ1) is 14.8. The van der Waals surface area contributed by atoms with Gasteiger partial charge in [0.2, 0.25) is 0 Å². The van der Waals surface area contributed by atoms with E-state index < -0.39 is 0 Å². The number of benzene rings is 1. The number of aromatic nitrogens is 1. The number of hydrogen-bond donors (Lipinski definition) is 2. The summed E-state index contributed by atoms with van der Waals surface area (Å²) in [5, 5.41) is 11.8. The highest BCUT2D eigenvalue weighted by Crippen LogP contribution is 2.20. The molecule has 0 aliphatic rings. The molecule has 0 radical (unpaired) electrons. The normalized spacial score (nSPS) is 11.2. The van der Waals surface area contributed by atoms with Crippen LogP contribution < -0.4 is 10.6 Å². The van der Waals surface area contributed by atoms with Gasteiger partial charge in [0.15, 0.2) is 5.84 Å². The third kappa shape index (κ3) is 3.11. The summed E-state index contributed by atoms with van der Waals surface area (Å²) in [6.45, 7) is 0. The van der Waals surface area contributed by atoms with Crippen LogP contribution in [-0.4, -0.2) is 29.0 Å². The van der Waals surface area contributed by atoms with Crippen molar-refractivity contribution >= 4 is 29.0 Å². The Morgan fingerprint density at radius 1 is 1.33 bits per heavy atom. The van der Waals surface area contributed by atoms with E-state index >= 15 is 0 Å². The van der Waals surface area contributed by atoms with E-state index in [-0.39, 0.29) is 11.7 Å². The summed E-state index contributed by atoms with van der Waals surface area (Å²) >= 11 is 5.97. The monoisotopic (exact) mass is 304 g/mol. The highest BCUT2D eigenvalue weighted by molar-refractivity contribution is 6.34. The van der Waals surface area contributed by atoms with Crippen LogP contribution in [0.1, 0.15) is 15.9 Å². The van der Waals surface area contributed by atoms with E-state index in [1.165, 1.54) is 17.3 Å². The molecule has 7 heteroatoms. The highest BCUT2D eigenvalue weighted by atomic mass is 35.5. The summed E-state index contributed by atoms with van der Waals surface area (Å²) in [5.74, 6) is -0.244. The lowest BCUT2D eigenvalue weighted by molar-refractivity contribution is 0.0993. The molecule has 0 spiro atoms. The van der Waals surface area contributed by atoms with Crippen molar-refractivity contribution in [1.82, 2.24) is 4.98 Å². The lowest BCUT2D eigenvalue weighted by Gasteiger charge is -2.18. The van der Waals surface area contributed by atoms with Gasteiger partial charge in [-0.05, 0) is 30.3 Å². The van der Waals surface area contributed by atoms with E-state index in [9.17, 15) is 4.79 Å². The Labute approximate surface area is 126 Å². The average Bonchev–Trinajstić information content (AvgIpc) is 2.53. The van der Waals surface area contributed by atoms with E-state index in [1.807, 2.05) is 0 Å². The van der Waals surface area contributed by atoms with Gasteiger partial charge in [0, 0.05) is 30.7 Å². The van der Waals surface area contributed by atoms with Crippen molar-refractivity contribution in [1.29, 1.82) is 0 Å². The van der Waals surface area contributed by atoms with E-state index in [0.29, 0.717) is 21.8 Å². The third-order valence-electron chi connectivity index (χ3n) is 2.97. The molecule has 1 amide bonds. The van der Waals surface area contributed by atoms with Gasteiger partial charge < -0.3 is 15.8 Å². The molecule has 0 atom stereocenters. The minimum Gasteiger partial charge on any atom is -0.409 e. The van der Waals surface area contributed by atoms with Gasteiger partial charge in [-0.1, -0.05) is 16.8 Å². The van der Waals surface area contributed by atoms with Gasteiger partial charge in [0.1, 0.15) is 0 Å². The van der Waals surface area contributed by atoms with Crippen LogP contribution in [0.2, 0.25) is 5.02 Å². The van der Waals surface area contributed by atoms with E-state index in [4.69, 9.17) is 22.5 Å². The minimum atomic E-state index is -0.251. The van der Waals surface area contributed by atoms with E-state index in [2.05, 4.69) is 10.1 Å². The van der Waals surface area contributed by atoms with Crippen molar-refractivity contribution in [2.24, 2.45) is 10.9 Å². The van der Waals surface area contributed by atoms with Gasteiger partial charge in [-0.3, -0.25) is 9.78 Å². The Morgan fingerprint density at radius 3 is 2.57 bits per heavy atom. The molecule has 0 aliphatic heterocycles. The van der Waals surface area contributed by atoms with Crippen molar-refractivity contribution in [3.05, 3.63) is 58.9 Å². The first-order valence-corrected chi connectivity index (χ1v) is 6.38. The molecule has 2 rings (SSSR count). The molecule has 1 aromatic carbocycles. The number of amidine groups is 1. The number of halogens is 1. The molecule has 21 heavy (non-hydrogen) atoms. The number of nitrogens with two attached hydrogens (primary N) is 1. The van der Waals surface area contributed by atoms with Crippen LogP contribution in [0.25, 0.3) is 0 Å². The molecule has 1 heterocycles. The van der Waals surface area contributed by atoms with Crippen LogP contribution >= 0.6 is 11.6 Å². The predicted octanol–water partition coefficient (Wildman–Crippen LogP) is 2.11. The molecule has 108 valence electrons. The fourth-order valence-electron chi connectivity index (χ4n) is 1.76. The average molecular weight is 305 g/mol. The SMILES string of the molecule is CN(C(=O)c1ccncc1Cl)c1ccc(C(N)=NO)cc1. The number of oxime groups is 1. The zero-order chi connectivity index (χ0) is 15.4. The van der Waals surface area contributed by atoms with Crippen molar-refractivity contribution in [2.45, 2.75) is 0 Å². The topological polar surface area (TPSA) is 91.8 Å². The van der Waals surface area contributed by atoms with Gasteiger partial charge in [0.25, 0.3) is 5.91 Å². The molecule has 2 aromatic rings. The zero-order valence-electron chi connectivity index (χ0n) is 11.2. The molecule has 0 bridgehead atoms. The number of rotatable bonds is 3. The molecular formula is C14H13ClN4O2. The molecule has 0 unspecified atom stereocenters. The van der Waals surface area contributed by atoms with Crippen molar-refractivity contribution in [3.63, 3.8) is 0 Å². The second-order valence-corrected chi connectivity index (χ2v) is 4.66. The predicted molar refractivity (Wildman–Crippen MR) is 80.9 cm³/mol. The molecule has 0 saturated carbocycles. The lowest BCUT2D eigenvalue weighted by atomic mass is 10.1. The number of nitrogens with zero attached hydrogens (tertiary/aromatic N) is 3. The van der Waals surface area contributed by atoms with Crippen LogP contribution in [0.15, 0.2) is 47.9 Å². The summed E-state index contributed by atoms with van der Waals surface area (Å²) in [6.07, 6.45) is 2.93. The van der Waals surface area contributed by atoms with E-state index in [0.717, 1.165) is 0 Å². The smallest absolute Gasteiger partial charge is 0.259 e. The quantitative estimate of drug-likeness (QED) is 0.393. The van der Waals surface area contributed by atoms with E-state index in [1.54, 1.807) is 37.4 Å². The second kappa shape index (κ2) is 6.23. The van der Waals surface area contributed by atoms with Crippen molar-refractivity contribution in [2.75, 3.05) is 11.9 Å². The van der Waals surface area contributed by atoms with Crippen LogP contribution in [0.4, 0.5) is 5.69 Å². The first-order chi connectivity index (χ1) is 10.0. The number of carbonyl (C=O) groups is 1. The minimum absolute atomic E-state index is 0.00714. The molecule has 1 aromatic heterocycles. The van der Waals surface area contributed by atoms with Crippen LogP contribution in [0.5, 0.6) is 0 Å². The highest BCUT2D eigenvalue weighted by Gasteiger charge is 2.16. The fraction of sp³-hybridized carbons (Fsp3) is 0.0714. The number of hydrogen-bond acceptors (Lipinski definition) is 4. The Balaban J connectivity index is 2.26.